The van der Waals surface area contributed by atoms with Crippen LogP contribution in [0.2, 0.25) is 5.02 Å². The summed E-state index contributed by atoms with van der Waals surface area (Å²) >= 11 is 5.99. The first kappa shape index (κ1) is 14.0. The Morgan fingerprint density at radius 1 is 1.00 bits per heavy atom. The van der Waals surface area contributed by atoms with Crippen molar-refractivity contribution in [1.29, 1.82) is 0 Å². The highest BCUT2D eigenvalue weighted by atomic mass is 35.5. The van der Waals surface area contributed by atoms with Gasteiger partial charge in [-0.15, -0.1) is 0 Å². The van der Waals surface area contributed by atoms with E-state index in [0.29, 0.717) is 5.02 Å². The van der Waals surface area contributed by atoms with Gasteiger partial charge in [0.15, 0.2) is 0 Å². The van der Waals surface area contributed by atoms with Crippen LogP contribution in [-0.2, 0) is 0 Å². The van der Waals surface area contributed by atoms with E-state index in [1.165, 1.54) is 12.1 Å². The van der Waals surface area contributed by atoms with Gasteiger partial charge in [0.05, 0.1) is 9.95 Å². The highest BCUT2D eigenvalue weighted by Crippen LogP contribution is 2.23. The Labute approximate surface area is 122 Å². The summed E-state index contributed by atoms with van der Waals surface area (Å²) in [6.07, 6.45) is 7.52. The maximum Gasteiger partial charge on any atom is 0.270 e. The average Bonchev–Trinajstić information content (AvgIpc) is 2.46. The van der Waals surface area contributed by atoms with Crippen LogP contribution in [-0.4, -0.2) is 4.92 Å². The van der Waals surface area contributed by atoms with Crippen LogP contribution in [0.1, 0.15) is 11.1 Å². The topological polar surface area (TPSA) is 43.1 Å². The number of nitro groups is 1. The molecular formula is C16H12ClNO2. The minimum atomic E-state index is -0.464. The molecule has 3 nitrogen and oxygen atoms in total. The zero-order valence-electron chi connectivity index (χ0n) is 10.6. The molecule has 0 aliphatic rings. The van der Waals surface area contributed by atoms with Crippen LogP contribution in [0.3, 0.4) is 0 Å². The van der Waals surface area contributed by atoms with Crippen LogP contribution in [0.5, 0.6) is 0 Å². The van der Waals surface area contributed by atoms with Crippen molar-refractivity contribution in [3.63, 3.8) is 0 Å². The van der Waals surface area contributed by atoms with Gasteiger partial charge in [0, 0.05) is 12.1 Å². The van der Waals surface area contributed by atoms with Gasteiger partial charge in [-0.2, -0.15) is 0 Å². The fourth-order valence-electron chi connectivity index (χ4n) is 1.65. The van der Waals surface area contributed by atoms with Crippen molar-refractivity contribution in [3.8, 4) is 0 Å². The van der Waals surface area contributed by atoms with E-state index in [9.17, 15) is 10.1 Å². The van der Waals surface area contributed by atoms with Gasteiger partial charge in [-0.1, -0.05) is 66.2 Å². The van der Waals surface area contributed by atoms with Gasteiger partial charge < -0.3 is 0 Å². The quantitative estimate of drug-likeness (QED) is 0.452. The number of hydrogen-bond donors (Lipinski definition) is 0. The van der Waals surface area contributed by atoms with Crippen LogP contribution >= 0.6 is 11.6 Å². The summed E-state index contributed by atoms with van der Waals surface area (Å²) in [6.45, 7) is 0. The van der Waals surface area contributed by atoms with Crippen molar-refractivity contribution in [1.82, 2.24) is 0 Å². The molecule has 2 aromatic carbocycles. The Hall–Kier alpha value is -2.39. The molecule has 0 saturated heterocycles. The Bertz CT molecular complexity index is 663. The summed E-state index contributed by atoms with van der Waals surface area (Å²) < 4.78 is 0. The molecule has 0 amide bonds. The fraction of sp³-hybridized carbons (Fsp3) is 0. The lowest BCUT2D eigenvalue weighted by atomic mass is 10.1. The Kier molecular flexibility index (Phi) is 4.69. The van der Waals surface area contributed by atoms with Crippen molar-refractivity contribution >= 4 is 29.4 Å². The molecule has 0 unspecified atom stereocenters. The largest absolute Gasteiger partial charge is 0.270 e. The number of nitrogens with zero attached hydrogens (tertiary/aromatic N) is 1. The molecule has 0 spiro atoms. The van der Waals surface area contributed by atoms with E-state index in [1.54, 1.807) is 6.07 Å². The fourth-order valence-corrected chi connectivity index (χ4v) is 1.89. The molecule has 0 heterocycles. The normalized spacial score (nSPS) is 11.2. The van der Waals surface area contributed by atoms with Crippen LogP contribution in [0.4, 0.5) is 5.69 Å². The number of allylic oxidation sites excluding steroid dienone is 2. The molecule has 0 aromatic heterocycles. The molecule has 0 bridgehead atoms. The first-order valence-corrected chi connectivity index (χ1v) is 6.38. The third kappa shape index (κ3) is 3.80. The number of rotatable bonds is 4. The van der Waals surface area contributed by atoms with Crippen molar-refractivity contribution in [2.45, 2.75) is 0 Å². The van der Waals surface area contributed by atoms with E-state index in [-0.39, 0.29) is 5.69 Å². The summed E-state index contributed by atoms with van der Waals surface area (Å²) in [5, 5.41) is 11.0. The van der Waals surface area contributed by atoms with E-state index < -0.39 is 4.92 Å². The minimum absolute atomic E-state index is 0.00743. The monoisotopic (exact) mass is 285 g/mol. The summed E-state index contributed by atoms with van der Waals surface area (Å²) in [7, 11) is 0. The van der Waals surface area contributed by atoms with Gasteiger partial charge in [0.1, 0.15) is 0 Å². The van der Waals surface area contributed by atoms with Gasteiger partial charge in [-0.05, 0) is 17.2 Å². The summed E-state index contributed by atoms with van der Waals surface area (Å²) in [4.78, 5) is 10.1. The second-order valence-electron chi connectivity index (χ2n) is 4.09. The smallest absolute Gasteiger partial charge is 0.258 e. The summed E-state index contributed by atoms with van der Waals surface area (Å²) in [5.74, 6) is 0. The molecule has 100 valence electrons. The van der Waals surface area contributed by atoms with Crippen molar-refractivity contribution < 1.29 is 4.92 Å². The lowest BCUT2D eigenvalue weighted by Gasteiger charge is -1.97. The van der Waals surface area contributed by atoms with Crippen LogP contribution in [0.25, 0.3) is 12.2 Å². The molecular weight excluding hydrogens is 274 g/mol. The van der Waals surface area contributed by atoms with Gasteiger partial charge >= 0.3 is 0 Å². The SMILES string of the molecule is O=[N+]([O-])c1ccc(/C=C\C=C/c2ccccc2)c(Cl)c1. The number of hydrogen-bond acceptors (Lipinski definition) is 2. The molecule has 0 aliphatic heterocycles. The lowest BCUT2D eigenvalue weighted by molar-refractivity contribution is -0.384. The van der Waals surface area contributed by atoms with Gasteiger partial charge in [-0.25, -0.2) is 0 Å². The van der Waals surface area contributed by atoms with E-state index >= 15 is 0 Å². The molecule has 2 aromatic rings. The molecule has 2 rings (SSSR count). The third-order valence-corrected chi connectivity index (χ3v) is 3.00. The molecule has 0 fully saturated rings. The first-order valence-electron chi connectivity index (χ1n) is 6.00. The molecule has 0 radical (unpaired) electrons. The number of non-ortho nitro benzene ring substituents is 1. The highest BCUT2D eigenvalue weighted by Gasteiger charge is 2.07. The Morgan fingerprint density at radius 2 is 1.70 bits per heavy atom. The molecule has 20 heavy (non-hydrogen) atoms. The maximum atomic E-state index is 10.6. The first-order chi connectivity index (χ1) is 9.66. The second-order valence-corrected chi connectivity index (χ2v) is 4.50. The molecule has 4 heteroatoms. The van der Waals surface area contributed by atoms with E-state index in [4.69, 9.17) is 11.6 Å². The van der Waals surface area contributed by atoms with Crippen molar-refractivity contribution in [3.05, 3.63) is 86.9 Å². The van der Waals surface area contributed by atoms with Gasteiger partial charge in [0.2, 0.25) is 0 Å². The van der Waals surface area contributed by atoms with Gasteiger partial charge in [-0.3, -0.25) is 10.1 Å². The molecule has 0 atom stereocenters. The van der Waals surface area contributed by atoms with Crippen LogP contribution < -0.4 is 0 Å². The van der Waals surface area contributed by atoms with Gasteiger partial charge in [0.25, 0.3) is 5.69 Å². The Morgan fingerprint density at radius 3 is 2.35 bits per heavy atom. The van der Waals surface area contributed by atoms with E-state index in [2.05, 4.69) is 0 Å². The maximum absolute atomic E-state index is 10.6. The minimum Gasteiger partial charge on any atom is -0.258 e. The standard InChI is InChI=1S/C16H12ClNO2/c17-16-12-15(18(19)20)11-10-14(16)9-5-4-8-13-6-2-1-3-7-13/h1-12H/b8-4-,9-5-. The zero-order chi connectivity index (χ0) is 14.4. The molecule has 0 aliphatic carbocycles. The van der Waals surface area contributed by atoms with Crippen molar-refractivity contribution in [2.24, 2.45) is 0 Å². The highest BCUT2D eigenvalue weighted by molar-refractivity contribution is 6.32. The predicted molar refractivity (Wildman–Crippen MR) is 82.6 cm³/mol. The summed E-state index contributed by atoms with van der Waals surface area (Å²) in [5.41, 5.74) is 1.84. The van der Waals surface area contributed by atoms with Crippen LogP contribution in [0.15, 0.2) is 60.7 Å². The number of halogens is 1. The lowest BCUT2D eigenvalue weighted by Crippen LogP contribution is -1.87. The number of nitro benzene ring substituents is 1. The van der Waals surface area contributed by atoms with E-state index in [1.807, 2.05) is 54.6 Å². The Balaban J connectivity index is 2.08. The predicted octanol–water partition coefficient (Wildman–Crippen LogP) is 4.97. The third-order valence-electron chi connectivity index (χ3n) is 2.67. The van der Waals surface area contributed by atoms with Crippen LogP contribution in [0, 0.1) is 10.1 Å². The number of benzene rings is 2. The van der Waals surface area contributed by atoms with Crippen molar-refractivity contribution in [2.75, 3.05) is 0 Å². The molecule has 0 saturated carbocycles. The molecule has 0 N–H and O–H groups in total. The zero-order valence-corrected chi connectivity index (χ0v) is 11.3. The average molecular weight is 286 g/mol. The second kappa shape index (κ2) is 6.68. The summed E-state index contributed by atoms with van der Waals surface area (Å²) in [6, 6.07) is 14.3. The van der Waals surface area contributed by atoms with E-state index in [0.717, 1.165) is 11.1 Å².